The van der Waals surface area contributed by atoms with Gasteiger partial charge in [0.15, 0.2) is 23.3 Å². The number of benzene rings is 2. The van der Waals surface area contributed by atoms with Gasteiger partial charge in [-0.05, 0) is 31.5 Å². The number of aromatic hydroxyl groups is 1. The molecule has 0 bridgehead atoms. The second-order valence-electron chi connectivity index (χ2n) is 7.31. The summed E-state index contributed by atoms with van der Waals surface area (Å²) in [6, 6.07) is 19.1. The molecule has 8 nitrogen and oxygen atoms in total. The molecule has 0 radical (unpaired) electrons. The van der Waals surface area contributed by atoms with E-state index in [9.17, 15) is 14.7 Å². The summed E-state index contributed by atoms with van der Waals surface area (Å²) < 4.78 is 16.7. The van der Waals surface area contributed by atoms with Crippen LogP contribution < -0.4 is 14.8 Å². The summed E-state index contributed by atoms with van der Waals surface area (Å²) in [5.41, 5.74) is 0.584. The number of para-hydroxylation sites is 1. The zero-order valence-corrected chi connectivity index (χ0v) is 18.6. The zero-order valence-electron chi connectivity index (χ0n) is 18.6. The first-order valence-electron chi connectivity index (χ1n) is 10.4. The van der Waals surface area contributed by atoms with E-state index in [1.165, 1.54) is 26.3 Å². The maximum absolute atomic E-state index is 12.7. The molecule has 3 rings (SSSR count). The summed E-state index contributed by atoms with van der Waals surface area (Å²) in [5.74, 6) is -1.07. The summed E-state index contributed by atoms with van der Waals surface area (Å²) in [4.78, 5) is 29.1. The lowest BCUT2D eigenvalue weighted by atomic mass is 10.0. The highest BCUT2D eigenvalue weighted by molar-refractivity contribution is 5.97. The van der Waals surface area contributed by atoms with Gasteiger partial charge in [0.1, 0.15) is 17.9 Å². The van der Waals surface area contributed by atoms with Gasteiger partial charge in [0.05, 0.1) is 7.11 Å². The van der Waals surface area contributed by atoms with Gasteiger partial charge in [-0.25, -0.2) is 9.78 Å². The van der Waals surface area contributed by atoms with Crippen LogP contribution >= 0.6 is 0 Å². The Kier molecular flexibility index (Phi) is 7.86. The van der Waals surface area contributed by atoms with Crippen molar-refractivity contribution in [2.75, 3.05) is 7.11 Å². The summed E-state index contributed by atoms with van der Waals surface area (Å²) >= 11 is 0. The van der Waals surface area contributed by atoms with Crippen LogP contribution in [0.3, 0.4) is 0 Å². The molecule has 3 aromatic rings. The van der Waals surface area contributed by atoms with Crippen LogP contribution in [0.1, 0.15) is 36.0 Å². The van der Waals surface area contributed by atoms with Gasteiger partial charge in [-0.3, -0.25) is 4.79 Å². The number of esters is 1. The van der Waals surface area contributed by atoms with Crippen LogP contribution in [0.2, 0.25) is 0 Å². The Labute approximate surface area is 192 Å². The van der Waals surface area contributed by atoms with Crippen LogP contribution in [-0.4, -0.2) is 41.2 Å². The molecule has 0 aliphatic rings. The van der Waals surface area contributed by atoms with Gasteiger partial charge >= 0.3 is 5.97 Å². The van der Waals surface area contributed by atoms with Gasteiger partial charge in [-0.15, -0.1) is 0 Å². The lowest BCUT2D eigenvalue weighted by Gasteiger charge is -2.26. The zero-order chi connectivity index (χ0) is 23.8. The fourth-order valence-corrected chi connectivity index (χ4v) is 3.16. The van der Waals surface area contributed by atoms with E-state index in [0.717, 1.165) is 5.56 Å². The third-order valence-electron chi connectivity index (χ3n) is 4.89. The molecule has 0 saturated carbocycles. The van der Waals surface area contributed by atoms with Crippen molar-refractivity contribution in [1.82, 2.24) is 10.3 Å². The van der Waals surface area contributed by atoms with E-state index in [1.54, 1.807) is 6.92 Å². The topological polar surface area (TPSA) is 107 Å². The highest BCUT2D eigenvalue weighted by Crippen LogP contribution is 2.28. The molecule has 0 unspecified atom stereocenters. The maximum atomic E-state index is 12.7. The summed E-state index contributed by atoms with van der Waals surface area (Å²) in [6.07, 6.45) is 0.0940. The number of hydrogen-bond donors (Lipinski definition) is 2. The standard InChI is InChI=1S/C25H26N2O6/c1-16(27-24(29)21-22(28)20(31-3)14-15-26-21)25(30)32-17(2)23(18-10-6-4-7-11-18)33-19-12-8-5-9-13-19/h4-17,23,28H,1-3H3,(H,27,29)/t16-,17-,23+/m0/s1. The Morgan fingerprint density at radius 3 is 2.24 bits per heavy atom. The van der Waals surface area contributed by atoms with Crippen molar-refractivity contribution in [3.63, 3.8) is 0 Å². The van der Waals surface area contributed by atoms with Crippen molar-refractivity contribution in [3.8, 4) is 17.2 Å². The number of carbonyl (C=O) groups is 2. The Morgan fingerprint density at radius 2 is 1.61 bits per heavy atom. The molecule has 0 fully saturated rings. The second-order valence-corrected chi connectivity index (χ2v) is 7.31. The number of hydrogen-bond acceptors (Lipinski definition) is 7. The molecule has 0 aliphatic carbocycles. The SMILES string of the molecule is COc1ccnc(C(=O)N[C@@H](C)C(=O)O[C@@H](C)[C@@H](Oc2ccccc2)c2ccccc2)c1O. The minimum absolute atomic E-state index is 0.0998. The van der Waals surface area contributed by atoms with Gasteiger partial charge in [0.25, 0.3) is 5.91 Å². The monoisotopic (exact) mass is 450 g/mol. The van der Waals surface area contributed by atoms with Gasteiger partial charge in [0.2, 0.25) is 0 Å². The number of nitrogens with zero attached hydrogens (tertiary/aromatic N) is 1. The highest BCUT2D eigenvalue weighted by atomic mass is 16.6. The van der Waals surface area contributed by atoms with Gasteiger partial charge in [0, 0.05) is 12.3 Å². The van der Waals surface area contributed by atoms with E-state index in [4.69, 9.17) is 14.2 Å². The Hall–Kier alpha value is -4.07. The van der Waals surface area contributed by atoms with E-state index in [-0.39, 0.29) is 11.4 Å². The van der Waals surface area contributed by atoms with E-state index in [1.807, 2.05) is 60.7 Å². The molecule has 33 heavy (non-hydrogen) atoms. The first-order chi connectivity index (χ1) is 15.9. The van der Waals surface area contributed by atoms with E-state index < -0.39 is 35.9 Å². The molecular weight excluding hydrogens is 424 g/mol. The van der Waals surface area contributed by atoms with Crippen LogP contribution in [0.4, 0.5) is 0 Å². The average molecular weight is 450 g/mol. The van der Waals surface area contributed by atoms with Gasteiger partial charge < -0.3 is 24.6 Å². The highest BCUT2D eigenvalue weighted by Gasteiger charge is 2.28. The Morgan fingerprint density at radius 1 is 0.970 bits per heavy atom. The number of nitrogens with one attached hydrogen (secondary N) is 1. The number of ether oxygens (including phenoxy) is 3. The molecule has 1 heterocycles. The van der Waals surface area contributed by atoms with Crippen molar-refractivity contribution >= 4 is 11.9 Å². The van der Waals surface area contributed by atoms with Crippen molar-refractivity contribution in [1.29, 1.82) is 0 Å². The second kappa shape index (κ2) is 11.0. The summed E-state index contributed by atoms with van der Waals surface area (Å²) in [5, 5.41) is 12.6. The van der Waals surface area contributed by atoms with Crippen LogP contribution in [0.5, 0.6) is 17.2 Å². The van der Waals surface area contributed by atoms with Crippen molar-refractivity contribution in [3.05, 3.63) is 84.2 Å². The minimum Gasteiger partial charge on any atom is -0.503 e. The van der Waals surface area contributed by atoms with Crippen molar-refractivity contribution < 1.29 is 28.9 Å². The van der Waals surface area contributed by atoms with Crippen LogP contribution in [0.15, 0.2) is 72.9 Å². The predicted octanol–water partition coefficient (Wildman–Crippen LogP) is 3.67. The summed E-state index contributed by atoms with van der Waals surface area (Å²) in [7, 11) is 1.36. The van der Waals surface area contributed by atoms with Gasteiger partial charge in [-0.2, -0.15) is 0 Å². The molecule has 0 saturated heterocycles. The normalized spacial score (nSPS) is 13.3. The van der Waals surface area contributed by atoms with Crippen LogP contribution in [-0.2, 0) is 9.53 Å². The average Bonchev–Trinajstić information content (AvgIpc) is 2.83. The molecule has 1 amide bonds. The molecule has 2 N–H and O–H groups in total. The quantitative estimate of drug-likeness (QED) is 0.479. The van der Waals surface area contributed by atoms with E-state index in [2.05, 4.69) is 10.3 Å². The smallest absolute Gasteiger partial charge is 0.328 e. The first kappa shape index (κ1) is 23.6. The Bertz CT molecular complexity index is 1070. The largest absolute Gasteiger partial charge is 0.503 e. The number of carbonyl (C=O) groups excluding carboxylic acids is 2. The van der Waals surface area contributed by atoms with E-state index >= 15 is 0 Å². The Balaban J connectivity index is 1.69. The number of rotatable bonds is 9. The first-order valence-corrected chi connectivity index (χ1v) is 10.4. The number of methoxy groups -OCH3 is 1. The fraction of sp³-hybridized carbons (Fsp3) is 0.240. The molecule has 2 aromatic carbocycles. The molecular formula is C25H26N2O6. The lowest BCUT2D eigenvalue weighted by molar-refractivity contribution is -0.154. The molecule has 1 aromatic heterocycles. The minimum atomic E-state index is -1.000. The molecule has 0 aliphatic heterocycles. The van der Waals surface area contributed by atoms with Crippen molar-refractivity contribution in [2.24, 2.45) is 0 Å². The number of amides is 1. The number of pyridine rings is 1. The third-order valence-corrected chi connectivity index (χ3v) is 4.89. The fourth-order valence-electron chi connectivity index (χ4n) is 3.16. The van der Waals surface area contributed by atoms with Gasteiger partial charge in [-0.1, -0.05) is 48.5 Å². The summed E-state index contributed by atoms with van der Waals surface area (Å²) in [6.45, 7) is 3.21. The van der Waals surface area contributed by atoms with Crippen LogP contribution in [0, 0.1) is 0 Å². The predicted molar refractivity (Wildman–Crippen MR) is 121 cm³/mol. The molecule has 0 spiro atoms. The molecule has 3 atom stereocenters. The third kappa shape index (κ3) is 6.00. The lowest BCUT2D eigenvalue weighted by Crippen LogP contribution is -2.42. The maximum Gasteiger partial charge on any atom is 0.328 e. The van der Waals surface area contributed by atoms with E-state index in [0.29, 0.717) is 5.75 Å². The number of aromatic nitrogens is 1. The molecule has 172 valence electrons. The van der Waals surface area contributed by atoms with Crippen LogP contribution in [0.25, 0.3) is 0 Å². The molecule has 8 heteroatoms. The van der Waals surface area contributed by atoms with Crippen molar-refractivity contribution in [2.45, 2.75) is 32.1 Å².